The highest BCUT2D eigenvalue weighted by Crippen LogP contribution is 2.43. The lowest BCUT2D eigenvalue weighted by Gasteiger charge is -2.25. The summed E-state index contributed by atoms with van der Waals surface area (Å²) < 4.78 is 40.2. The van der Waals surface area contributed by atoms with Gasteiger partial charge < -0.3 is 10.1 Å². The number of rotatable bonds is 2. The summed E-state index contributed by atoms with van der Waals surface area (Å²) in [6, 6.07) is 2.17. The molecule has 0 aliphatic heterocycles. The summed E-state index contributed by atoms with van der Waals surface area (Å²) in [6.07, 6.45) is -4.61. The Labute approximate surface area is 130 Å². The number of carbonyl (C=O) groups excluding carboxylic acids is 1. The van der Waals surface area contributed by atoms with Gasteiger partial charge >= 0.3 is 12.1 Å². The number of hydrogen-bond acceptors (Lipinski definition) is 2. The number of halogens is 3. The zero-order valence-corrected chi connectivity index (χ0v) is 13.1. The summed E-state index contributed by atoms with van der Waals surface area (Å²) in [4.78, 5) is 25.8. The first-order valence-corrected chi connectivity index (χ1v) is 6.86. The van der Waals surface area contributed by atoms with Gasteiger partial charge in [-0.15, -0.1) is 0 Å². The second kappa shape index (κ2) is 5.11. The third kappa shape index (κ3) is 2.83. The highest BCUT2D eigenvalue weighted by molar-refractivity contribution is 6.42. The molecule has 2 rings (SSSR count). The van der Waals surface area contributed by atoms with Gasteiger partial charge in [0.15, 0.2) is 0 Å². The van der Waals surface area contributed by atoms with Crippen molar-refractivity contribution in [3.8, 4) is 0 Å². The van der Waals surface area contributed by atoms with Crippen molar-refractivity contribution in [2.24, 2.45) is 0 Å². The molecule has 1 heterocycles. The maximum absolute atomic E-state index is 13.4. The van der Waals surface area contributed by atoms with Crippen molar-refractivity contribution in [3.63, 3.8) is 0 Å². The van der Waals surface area contributed by atoms with Gasteiger partial charge in [0.25, 0.3) is 5.78 Å². The summed E-state index contributed by atoms with van der Waals surface area (Å²) in [5.74, 6) is -2.93. The molecule has 0 unspecified atom stereocenters. The molecule has 1 aromatic heterocycles. The van der Waals surface area contributed by atoms with Crippen LogP contribution in [0.1, 0.15) is 48.0 Å². The van der Waals surface area contributed by atoms with Gasteiger partial charge in [-0.1, -0.05) is 20.8 Å². The average molecular weight is 327 g/mol. The Morgan fingerprint density at radius 1 is 1.13 bits per heavy atom. The van der Waals surface area contributed by atoms with E-state index < -0.39 is 28.9 Å². The molecule has 0 aliphatic rings. The van der Waals surface area contributed by atoms with Crippen LogP contribution in [0, 0.1) is 6.92 Å². The van der Waals surface area contributed by atoms with Gasteiger partial charge in [-0.2, -0.15) is 13.2 Å². The van der Waals surface area contributed by atoms with Crippen LogP contribution < -0.4 is 0 Å². The molecule has 0 saturated carbocycles. The number of aliphatic carboxylic acids is 1. The molecule has 7 heteroatoms. The predicted molar refractivity (Wildman–Crippen MR) is 78.7 cm³/mol. The fraction of sp³-hybridized carbons (Fsp3) is 0.375. The summed E-state index contributed by atoms with van der Waals surface area (Å²) in [7, 11) is 0. The van der Waals surface area contributed by atoms with Crippen molar-refractivity contribution in [2.75, 3.05) is 0 Å². The fourth-order valence-corrected chi connectivity index (χ4v) is 2.82. The Morgan fingerprint density at radius 3 is 2.13 bits per heavy atom. The van der Waals surface area contributed by atoms with Gasteiger partial charge in [-0.25, -0.2) is 4.79 Å². The van der Waals surface area contributed by atoms with E-state index in [4.69, 9.17) is 5.11 Å². The van der Waals surface area contributed by atoms with Crippen LogP contribution in [0.3, 0.4) is 0 Å². The van der Waals surface area contributed by atoms with Crippen molar-refractivity contribution in [2.45, 2.75) is 39.3 Å². The lowest BCUT2D eigenvalue weighted by Crippen LogP contribution is -2.21. The number of H-pyrrole nitrogens is 1. The van der Waals surface area contributed by atoms with E-state index in [2.05, 4.69) is 4.98 Å². The number of carbonyl (C=O) groups is 2. The summed E-state index contributed by atoms with van der Waals surface area (Å²) in [6.45, 7) is 6.24. The topological polar surface area (TPSA) is 70.2 Å². The first kappa shape index (κ1) is 17.1. The Morgan fingerprint density at radius 2 is 1.70 bits per heavy atom. The van der Waals surface area contributed by atoms with E-state index >= 15 is 0 Å². The van der Waals surface area contributed by atoms with E-state index in [1.807, 2.05) is 0 Å². The van der Waals surface area contributed by atoms with Gasteiger partial charge in [0.05, 0.1) is 11.1 Å². The molecule has 0 bridgehead atoms. The standard InChI is InChI=1S/C16H16F3NO3/c1-7-10(13(21)14(22)23)11-9(20-7)6-5-8(16(17,18)19)12(11)15(2,3)4/h5-6,20H,1-4H3,(H,22,23). The molecule has 1 aromatic carbocycles. The molecule has 2 N–H and O–H groups in total. The number of nitrogens with one attached hydrogen (secondary N) is 1. The van der Waals surface area contributed by atoms with Gasteiger partial charge in [0.2, 0.25) is 0 Å². The van der Waals surface area contributed by atoms with E-state index in [1.165, 1.54) is 13.0 Å². The number of alkyl halides is 3. The van der Waals surface area contributed by atoms with Gasteiger partial charge in [0.1, 0.15) is 0 Å². The Balaban J connectivity index is 3.04. The third-order valence-corrected chi connectivity index (χ3v) is 3.63. The molecular formula is C16H16F3NO3. The number of ketones is 1. The zero-order chi connectivity index (χ0) is 17.7. The number of carboxylic acids is 1. The predicted octanol–water partition coefficient (Wildman–Crippen LogP) is 4.06. The maximum Gasteiger partial charge on any atom is 0.416 e. The van der Waals surface area contributed by atoms with Crippen molar-refractivity contribution in [3.05, 3.63) is 34.5 Å². The molecule has 0 fully saturated rings. The number of Topliss-reactive ketones (excluding diaryl/α,β-unsaturated/α-hetero) is 1. The molecule has 0 amide bonds. The number of aryl methyl sites for hydroxylation is 1. The van der Waals surface area contributed by atoms with Gasteiger partial charge in [0, 0.05) is 16.6 Å². The molecule has 124 valence electrons. The molecule has 0 spiro atoms. The Kier molecular flexibility index (Phi) is 3.79. The van der Waals surface area contributed by atoms with Crippen LogP contribution in [0.2, 0.25) is 0 Å². The fourth-order valence-electron chi connectivity index (χ4n) is 2.82. The highest BCUT2D eigenvalue weighted by Gasteiger charge is 2.39. The molecular weight excluding hydrogens is 311 g/mol. The second-order valence-electron chi connectivity index (χ2n) is 6.42. The quantitative estimate of drug-likeness (QED) is 0.645. The molecule has 4 nitrogen and oxygen atoms in total. The minimum absolute atomic E-state index is 0.0252. The van der Waals surface area contributed by atoms with E-state index in [1.54, 1.807) is 20.8 Å². The molecule has 23 heavy (non-hydrogen) atoms. The molecule has 0 aliphatic carbocycles. The smallest absolute Gasteiger partial charge is 0.416 e. The first-order chi connectivity index (χ1) is 10.4. The summed E-state index contributed by atoms with van der Waals surface area (Å²) in [5.41, 5.74) is -1.56. The normalized spacial score (nSPS) is 12.7. The molecule has 2 aromatic rings. The van der Waals surface area contributed by atoms with Crippen LogP contribution in [0.5, 0.6) is 0 Å². The van der Waals surface area contributed by atoms with Crippen molar-refractivity contribution >= 4 is 22.7 Å². The molecule has 0 saturated heterocycles. The van der Waals surface area contributed by atoms with E-state index in [0.717, 1.165) is 6.07 Å². The van der Waals surface area contributed by atoms with Gasteiger partial charge in [-0.05, 0) is 30.0 Å². The maximum atomic E-state index is 13.4. The minimum atomic E-state index is -4.61. The average Bonchev–Trinajstić information content (AvgIpc) is 2.69. The number of aromatic nitrogens is 1. The van der Waals surface area contributed by atoms with Crippen LogP contribution in [0.25, 0.3) is 10.9 Å². The lowest BCUT2D eigenvalue weighted by molar-refractivity contribution is -0.138. The van der Waals surface area contributed by atoms with Crippen molar-refractivity contribution in [1.29, 1.82) is 0 Å². The van der Waals surface area contributed by atoms with Crippen molar-refractivity contribution in [1.82, 2.24) is 4.98 Å². The van der Waals surface area contributed by atoms with E-state index in [9.17, 15) is 22.8 Å². The van der Waals surface area contributed by atoms with E-state index in [0.29, 0.717) is 5.52 Å². The largest absolute Gasteiger partial charge is 0.475 e. The highest BCUT2D eigenvalue weighted by atomic mass is 19.4. The van der Waals surface area contributed by atoms with Crippen LogP contribution in [0.4, 0.5) is 13.2 Å². The van der Waals surface area contributed by atoms with Crippen LogP contribution in [0.15, 0.2) is 12.1 Å². The SMILES string of the molecule is Cc1[nH]c2ccc(C(F)(F)F)c(C(C)(C)C)c2c1C(=O)C(=O)O. The van der Waals surface area contributed by atoms with E-state index in [-0.39, 0.29) is 22.2 Å². The first-order valence-electron chi connectivity index (χ1n) is 6.86. The number of fused-ring (bicyclic) bond motifs is 1. The van der Waals surface area contributed by atoms with Crippen LogP contribution in [-0.4, -0.2) is 21.8 Å². The molecule has 0 radical (unpaired) electrons. The number of hydrogen-bond donors (Lipinski definition) is 2. The Hall–Kier alpha value is -2.31. The van der Waals surface area contributed by atoms with Crippen molar-refractivity contribution < 1.29 is 27.9 Å². The monoisotopic (exact) mass is 327 g/mol. The van der Waals surface area contributed by atoms with Crippen LogP contribution >= 0.6 is 0 Å². The summed E-state index contributed by atoms with van der Waals surface area (Å²) >= 11 is 0. The molecule has 0 atom stereocenters. The minimum Gasteiger partial charge on any atom is -0.475 e. The zero-order valence-electron chi connectivity index (χ0n) is 13.1. The number of benzene rings is 1. The van der Waals surface area contributed by atoms with Crippen LogP contribution in [-0.2, 0) is 16.4 Å². The third-order valence-electron chi connectivity index (χ3n) is 3.63. The Bertz CT molecular complexity index is 811. The van der Waals surface area contributed by atoms with Gasteiger partial charge in [-0.3, -0.25) is 4.79 Å². The summed E-state index contributed by atoms with van der Waals surface area (Å²) in [5, 5.41) is 9.00. The second-order valence-corrected chi connectivity index (χ2v) is 6.42. The number of aromatic amines is 1. The lowest BCUT2D eigenvalue weighted by atomic mass is 9.80. The number of carboxylic acid groups (broad SMARTS) is 1.